The van der Waals surface area contributed by atoms with Crippen LogP contribution in [0.3, 0.4) is 0 Å². The molecular weight excluding hydrogens is 210 g/mol. The van der Waals surface area contributed by atoms with Gasteiger partial charge >= 0.3 is 0 Å². The average Bonchev–Trinajstić information content (AvgIpc) is 3.03. The third-order valence-corrected chi connectivity index (χ3v) is 3.55. The standard InChI is InChI=1S/C14H17N3/c1-9-7-11(9)8-15-14-10(2)16-12-5-3-4-6-13(12)17-14/h3-6,9,11H,7-8H2,1-2H3,(H,15,17). The number of aromatic nitrogens is 2. The molecule has 1 aromatic carbocycles. The Labute approximate surface area is 101 Å². The molecule has 0 bridgehead atoms. The summed E-state index contributed by atoms with van der Waals surface area (Å²) in [7, 11) is 0. The van der Waals surface area contributed by atoms with Crippen LogP contribution >= 0.6 is 0 Å². The smallest absolute Gasteiger partial charge is 0.148 e. The van der Waals surface area contributed by atoms with E-state index < -0.39 is 0 Å². The Balaban J connectivity index is 1.85. The number of rotatable bonds is 3. The lowest BCUT2D eigenvalue weighted by molar-refractivity contribution is 0.783. The number of nitrogens with zero attached hydrogens (tertiary/aromatic N) is 2. The number of nitrogens with one attached hydrogen (secondary N) is 1. The van der Waals surface area contributed by atoms with Gasteiger partial charge in [0.1, 0.15) is 5.82 Å². The molecule has 1 saturated carbocycles. The summed E-state index contributed by atoms with van der Waals surface area (Å²) in [4.78, 5) is 9.19. The molecule has 17 heavy (non-hydrogen) atoms. The van der Waals surface area contributed by atoms with Gasteiger partial charge < -0.3 is 5.32 Å². The fourth-order valence-corrected chi connectivity index (χ4v) is 2.17. The van der Waals surface area contributed by atoms with Crippen LogP contribution in [0.4, 0.5) is 5.82 Å². The second-order valence-electron chi connectivity index (χ2n) is 5.00. The Hall–Kier alpha value is -1.64. The lowest BCUT2D eigenvalue weighted by Crippen LogP contribution is -2.08. The molecule has 3 heteroatoms. The summed E-state index contributed by atoms with van der Waals surface area (Å²) >= 11 is 0. The van der Waals surface area contributed by atoms with Crippen molar-refractivity contribution >= 4 is 16.9 Å². The zero-order chi connectivity index (χ0) is 11.8. The van der Waals surface area contributed by atoms with Gasteiger partial charge in [0.2, 0.25) is 0 Å². The molecule has 1 aliphatic rings. The molecule has 0 amide bonds. The minimum Gasteiger partial charge on any atom is -0.368 e. The first kappa shape index (κ1) is 10.5. The minimum atomic E-state index is 0.822. The van der Waals surface area contributed by atoms with Crippen LogP contribution in [-0.4, -0.2) is 16.5 Å². The summed E-state index contributed by atoms with van der Waals surface area (Å²) in [6.45, 7) is 5.33. The van der Waals surface area contributed by atoms with Crippen molar-refractivity contribution in [2.75, 3.05) is 11.9 Å². The van der Waals surface area contributed by atoms with Gasteiger partial charge in [-0.2, -0.15) is 0 Å². The minimum absolute atomic E-state index is 0.822. The second kappa shape index (κ2) is 3.99. The number of hydrogen-bond donors (Lipinski definition) is 1. The highest BCUT2D eigenvalue weighted by Crippen LogP contribution is 2.37. The monoisotopic (exact) mass is 227 g/mol. The number of fused-ring (bicyclic) bond motifs is 1. The molecule has 0 spiro atoms. The second-order valence-corrected chi connectivity index (χ2v) is 5.00. The van der Waals surface area contributed by atoms with E-state index in [1.807, 2.05) is 31.2 Å². The molecule has 2 aromatic rings. The van der Waals surface area contributed by atoms with E-state index in [0.29, 0.717) is 0 Å². The van der Waals surface area contributed by atoms with Crippen LogP contribution in [0.1, 0.15) is 19.0 Å². The van der Waals surface area contributed by atoms with Crippen molar-refractivity contribution in [3.63, 3.8) is 0 Å². The van der Waals surface area contributed by atoms with Gasteiger partial charge in [-0.05, 0) is 37.3 Å². The molecule has 3 nitrogen and oxygen atoms in total. The van der Waals surface area contributed by atoms with Crippen LogP contribution < -0.4 is 5.32 Å². The van der Waals surface area contributed by atoms with Crippen molar-refractivity contribution in [1.29, 1.82) is 0 Å². The van der Waals surface area contributed by atoms with Gasteiger partial charge in [0.15, 0.2) is 0 Å². The molecule has 3 rings (SSSR count). The number of hydrogen-bond acceptors (Lipinski definition) is 3. The van der Waals surface area contributed by atoms with E-state index in [2.05, 4.69) is 22.2 Å². The molecule has 88 valence electrons. The molecule has 1 fully saturated rings. The molecule has 2 atom stereocenters. The summed E-state index contributed by atoms with van der Waals surface area (Å²) in [6.07, 6.45) is 1.34. The van der Waals surface area contributed by atoms with E-state index >= 15 is 0 Å². The topological polar surface area (TPSA) is 37.8 Å². The number of anilines is 1. The molecule has 1 heterocycles. The van der Waals surface area contributed by atoms with Crippen LogP contribution in [0.25, 0.3) is 11.0 Å². The first-order valence-electron chi connectivity index (χ1n) is 6.21. The highest BCUT2D eigenvalue weighted by molar-refractivity contribution is 5.76. The fraction of sp³-hybridized carbons (Fsp3) is 0.429. The Bertz CT molecular complexity index is 550. The number of aryl methyl sites for hydroxylation is 1. The predicted octanol–water partition coefficient (Wildman–Crippen LogP) is 3.01. The van der Waals surface area contributed by atoms with Crippen molar-refractivity contribution in [2.24, 2.45) is 11.8 Å². The van der Waals surface area contributed by atoms with Crippen LogP contribution in [-0.2, 0) is 0 Å². The van der Waals surface area contributed by atoms with Crippen molar-refractivity contribution in [1.82, 2.24) is 9.97 Å². The van der Waals surface area contributed by atoms with Gasteiger partial charge in [0, 0.05) is 6.54 Å². The Morgan fingerprint density at radius 3 is 2.53 bits per heavy atom. The van der Waals surface area contributed by atoms with Gasteiger partial charge in [0.05, 0.1) is 16.7 Å². The highest BCUT2D eigenvalue weighted by atomic mass is 15.0. The number of benzene rings is 1. The lowest BCUT2D eigenvalue weighted by atomic mass is 10.3. The Morgan fingerprint density at radius 2 is 1.88 bits per heavy atom. The van der Waals surface area contributed by atoms with Gasteiger partial charge in [-0.3, -0.25) is 0 Å². The van der Waals surface area contributed by atoms with E-state index in [9.17, 15) is 0 Å². The van der Waals surface area contributed by atoms with E-state index in [1.165, 1.54) is 6.42 Å². The maximum atomic E-state index is 4.63. The van der Waals surface area contributed by atoms with Crippen LogP contribution in [0, 0.1) is 18.8 Å². The van der Waals surface area contributed by atoms with E-state index in [0.717, 1.165) is 40.9 Å². The Morgan fingerprint density at radius 1 is 1.24 bits per heavy atom. The fourth-order valence-electron chi connectivity index (χ4n) is 2.17. The summed E-state index contributed by atoms with van der Waals surface area (Å²) < 4.78 is 0. The summed E-state index contributed by atoms with van der Waals surface area (Å²) in [5, 5.41) is 3.42. The van der Waals surface area contributed by atoms with Gasteiger partial charge in [-0.25, -0.2) is 9.97 Å². The van der Waals surface area contributed by atoms with Gasteiger partial charge in [-0.1, -0.05) is 19.1 Å². The van der Waals surface area contributed by atoms with Gasteiger partial charge in [0.25, 0.3) is 0 Å². The third-order valence-electron chi connectivity index (χ3n) is 3.55. The van der Waals surface area contributed by atoms with Crippen LogP contribution in [0.2, 0.25) is 0 Å². The van der Waals surface area contributed by atoms with E-state index in [-0.39, 0.29) is 0 Å². The molecule has 2 unspecified atom stereocenters. The summed E-state index contributed by atoms with van der Waals surface area (Å²) in [6, 6.07) is 8.00. The first-order valence-corrected chi connectivity index (χ1v) is 6.21. The summed E-state index contributed by atoms with van der Waals surface area (Å²) in [5.41, 5.74) is 2.91. The maximum absolute atomic E-state index is 4.63. The van der Waals surface area contributed by atoms with E-state index in [1.54, 1.807) is 0 Å². The molecular formula is C14H17N3. The maximum Gasteiger partial charge on any atom is 0.148 e. The van der Waals surface area contributed by atoms with Crippen molar-refractivity contribution in [3.8, 4) is 0 Å². The first-order chi connectivity index (χ1) is 8.24. The normalized spacial score (nSPS) is 22.7. The Kier molecular flexibility index (Phi) is 2.46. The average molecular weight is 227 g/mol. The predicted molar refractivity (Wildman–Crippen MR) is 70.0 cm³/mol. The molecule has 1 N–H and O–H groups in total. The zero-order valence-electron chi connectivity index (χ0n) is 10.3. The molecule has 0 aliphatic heterocycles. The van der Waals surface area contributed by atoms with Crippen molar-refractivity contribution < 1.29 is 0 Å². The number of para-hydroxylation sites is 2. The lowest BCUT2D eigenvalue weighted by Gasteiger charge is -2.08. The zero-order valence-corrected chi connectivity index (χ0v) is 10.3. The van der Waals surface area contributed by atoms with Gasteiger partial charge in [-0.15, -0.1) is 0 Å². The highest BCUT2D eigenvalue weighted by Gasteiger charge is 2.32. The van der Waals surface area contributed by atoms with Crippen molar-refractivity contribution in [3.05, 3.63) is 30.0 Å². The molecule has 1 aromatic heterocycles. The summed E-state index contributed by atoms with van der Waals surface area (Å²) in [5.74, 6) is 2.63. The van der Waals surface area contributed by atoms with Crippen LogP contribution in [0.5, 0.6) is 0 Å². The quantitative estimate of drug-likeness (QED) is 0.876. The SMILES string of the molecule is Cc1nc2ccccc2nc1NCC1CC1C. The molecule has 0 saturated heterocycles. The van der Waals surface area contributed by atoms with Crippen molar-refractivity contribution in [2.45, 2.75) is 20.3 Å². The van der Waals surface area contributed by atoms with Crippen LogP contribution in [0.15, 0.2) is 24.3 Å². The molecule has 0 radical (unpaired) electrons. The van der Waals surface area contributed by atoms with E-state index in [4.69, 9.17) is 0 Å². The third kappa shape index (κ3) is 2.09. The largest absolute Gasteiger partial charge is 0.368 e. The molecule has 1 aliphatic carbocycles.